The summed E-state index contributed by atoms with van der Waals surface area (Å²) in [5, 5.41) is 0. The van der Waals surface area contributed by atoms with Gasteiger partial charge in [-0.15, -0.1) is 0 Å². The molecule has 0 amide bonds. The third-order valence-electron chi connectivity index (χ3n) is 2.24. The minimum absolute atomic E-state index is 0.0905. The average Bonchev–Trinajstić information content (AvgIpc) is 2.36. The maximum absolute atomic E-state index is 12.7. The Morgan fingerprint density at radius 2 is 1.76 bits per heavy atom. The molecule has 1 aromatic rings. The zero-order chi connectivity index (χ0) is 16.3. The molecule has 0 heterocycles. The topological polar surface area (TPSA) is 60.4 Å². The molecule has 0 atom stereocenters. The van der Waals surface area contributed by atoms with E-state index < -0.39 is 32.0 Å². The third-order valence-corrected chi connectivity index (χ3v) is 3.71. The van der Waals surface area contributed by atoms with Gasteiger partial charge in [-0.2, -0.15) is 13.2 Å². The first-order valence-electron chi connectivity index (χ1n) is 5.55. The van der Waals surface area contributed by atoms with Gasteiger partial charge in [0, 0.05) is 0 Å². The van der Waals surface area contributed by atoms with Gasteiger partial charge in [-0.25, -0.2) is 17.6 Å². The van der Waals surface area contributed by atoms with Gasteiger partial charge in [0.05, 0.1) is 6.61 Å². The zero-order valence-electron chi connectivity index (χ0n) is 10.6. The van der Waals surface area contributed by atoms with Crippen LogP contribution in [0, 0.1) is 5.82 Å². The van der Waals surface area contributed by atoms with Crippen molar-refractivity contribution in [1.82, 2.24) is 0 Å². The van der Waals surface area contributed by atoms with Crippen LogP contribution in [0.5, 0.6) is 0 Å². The Labute approximate surface area is 117 Å². The van der Waals surface area contributed by atoms with E-state index >= 15 is 0 Å². The van der Waals surface area contributed by atoms with Gasteiger partial charge in [0.2, 0.25) is 0 Å². The minimum Gasteiger partial charge on any atom is -0.462 e. The lowest BCUT2D eigenvalue weighted by atomic mass is 10.2. The highest BCUT2D eigenvalue weighted by molar-refractivity contribution is 7.97. The van der Waals surface area contributed by atoms with Crippen LogP contribution in [0.3, 0.4) is 0 Å². The van der Waals surface area contributed by atoms with Crippen LogP contribution in [-0.4, -0.2) is 26.5 Å². The van der Waals surface area contributed by atoms with Crippen LogP contribution in [-0.2, 0) is 19.4 Å². The van der Waals surface area contributed by atoms with Gasteiger partial charge in [-0.3, -0.25) is 0 Å². The summed E-state index contributed by atoms with van der Waals surface area (Å²) in [5.74, 6) is -2.29. The van der Waals surface area contributed by atoms with Crippen molar-refractivity contribution < 1.29 is 35.5 Å². The quantitative estimate of drug-likeness (QED) is 0.485. The van der Waals surface area contributed by atoms with Gasteiger partial charge in [0.1, 0.15) is 5.82 Å². The second kappa shape index (κ2) is 6.25. The van der Waals surface area contributed by atoms with Crippen molar-refractivity contribution in [3.05, 3.63) is 40.6 Å². The first-order chi connectivity index (χ1) is 9.59. The lowest BCUT2D eigenvalue weighted by molar-refractivity contribution is -0.137. The number of benzene rings is 1. The smallest absolute Gasteiger partial charge is 0.462 e. The number of hydrogen-bond acceptors (Lipinski definition) is 4. The summed E-state index contributed by atoms with van der Waals surface area (Å²) in [6.07, 6.45) is 0.486. The maximum atomic E-state index is 12.7. The van der Waals surface area contributed by atoms with Crippen molar-refractivity contribution in [2.45, 2.75) is 12.4 Å². The van der Waals surface area contributed by atoms with Gasteiger partial charge in [-0.05, 0) is 30.7 Å². The van der Waals surface area contributed by atoms with Crippen molar-refractivity contribution >= 4 is 21.9 Å². The Hall–Kier alpha value is -1.90. The van der Waals surface area contributed by atoms with Gasteiger partial charge < -0.3 is 4.74 Å². The monoisotopic (exact) mass is 326 g/mol. The van der Waals surface area contributed by atoms with Crippen LogP contribution < -0.4 is 0 Å². The fraction of sp³-hybridized carbons (Fsp3) is 0.250. The number of carbonyl (C=O) groups is 1. The molecule has 0 aliphatic carbocycles. The van der Waals surface area contributed by atoms with Crippen LogP contribution in [0.1, 0.15) is 12.5 Å². The van der Waals surface area contributed by atoms with Gasteiger partial charge in [-0.1, -0.05) is 12.1 Å². The molecule has 1 aromatic carbocycles. The molecule has 0 aromatic heterocycles. The standard InChI is InChI=1S/C12H10F4O4S/c1-2-20-11(17)10(21(18,19)12(14,15)16)7-8-3-5-9(13)6-4-8/h3-7H,2H2,1H3/b10-7+. The Morgan fingerprint density at radius 1 is 1.24 bits per heavy atom. The molecule has 0 fully saturated rings. The first kappa shape index (κ1) is 17.2. The van der Waals surface area contributed by atoms with Crippen molar-refractivity contribution in [2.24, 2.45) is 0 Å². The number of alkyl halides is 3. The van der Waals surface area contributed by atoms with E-state index in [1.807, 2.05) is 0 Å². The van der Waals surface area contributed by atoms with Crippen LogP contribution in [0.4, 0.5) is 17.6 Å². The molecule has 0 bridgehead atoms. The van der Waals surface area contributed by atoms with Gasteiger partial charge >= 0.3 is 11.5 Å². The Kier molecular flexibility index (Phi) is 5.10. The van der Waals surface area contributed by atoms with Gasteiger partial charge in [0.25, 0.3) is 9.84 Å². The molecular formula is C12H10F4O4S. The molecule has 0 radical (unpaired) electrons. The summed E-state index contributed by atoms with van der Waals surface area (Å²) < 4.78 is 77.4. The highest BCUT2D eigenvalue weighted by Crippen LogP contribution is 2.31. The summed E-state index contributed by atoms with van der Waals surface area (Å²) in [6, 6.07) is 3.88. The van der Waals surface area contributed by atoms with E-state index in [0.29, 0.717) is 6.08 Å². The van der Waals surface area contributed by atoms with Crippen LogP contribution in [0.25, 0.3) is 6.08 Å². The molecule has 21 heavy (non-hydrogen) atoms. The van der Waals surface area contributed by atoms with E-state index in [0.717, 1.165) is 24.3 Å². The number of carbonyl (C=O) groups excluding carboxylic acids is 1. The van der Waals surface area contributed by atoms with E-state index in [2.05, 4.69) is 4.74 Å². The minimum atomic E-state index is -5.88. The van der Waals surface area contributed by atoms with E-state index in [-0.39, 0.29) is 12.2 Å². The van der Waals surface area contributed by atoms with Crippen LogP contribution >= 0.6 is 0 Å². The molecule has 0 saturated heterocycles. The van der Waals surface area contributed by atoms with E-state index in [1.165, 1.54) is 6.92 Å². The van der Waals surface area contributed by atoms with E-state index in [9.17, 15) is 30.8 Å². The van der Waals surface area contributed by atoms with Crippen molar-refractivity contribution in [3.63, 3.8) is 0 Å². The fourth-order valence-corrected chi connectivity index (χ4v) is 2.10. The number of rotatable bonds is 4. The number of ether oxygens (including phenoxy) is 1. The molecule has 0 saturated carbocycles. The molecule has 0 N–H and O–H groups in total. The van der Waals surface area contributed by atoms with Crippen LogP contribution in [0.2, 0.25) is 0 Å². The first-order valence-corrected chi connectivity index (χ1v) is 7.03. The SMILES string of the molecule is CCOC(=O)/C(=C\c1ccc(F)cc1)S(=O)(=O)C(F)(F)F. The molecule has 4 nitrogen and oxygen atoms in total. The molecule has 0 spiro atoms. The van der Waals surface area contributed by atoms with Crippen molar-refractivity contribution in [2.75, 3.05) is 6.61 Å². The highest BCUT2D eigenvalue weighted by Gasteiger charge is 2.50. The molecule has 1 rings (SSSR count). The van der Waals surface area contributed by atoms with Crippen molar-refractivity contribution in [1.29, 1.82) is 0 Å². The van der Waals surface area contributed by atoms with Crippen LogP contribution in [0.15, 0.2) is 29.2 Å². The molecule has 0 aliphatic heterocycles. The molecule has 116 valence electrons. The van der Waals surface area contributed by atoms with Gasteiger partial charge in [0.15, 0.2) is 4.91 Å². The molecule has 9 heteroatoms. The number of hydrogen-bond donors (Lipinski definition) is 0. The summed E-state index contributed by atoms with van der Waals surface area (Å²) in [4.78, 5) is 9.91. The number of esters is 1. The van der Waals surface area contributed by atoms with E-state index in [4.69, 9.17) is 0 Å². The second-order valence-corrected chi connectivity index (χ2v) is 5.64. The highest BCUT2D eigenvalue weighted by atomic mass is 32.2. The average molecular weight is 326 g/mol. The lowest BCUT2D eigenvalue weighted by Crippen LogP contribution is -2.29. The molecule has 0 aliphatic rings. The van der Waals surface area contributed by atoms with E-state index in [1.54, 1.807) is 0 Å². The molecule has 0 unspecified atom stereocenters. The zero-order valence-corrected chi connectivity index (χ0v) is 11.5. The number of halogens is 4. The van der Waals surface area contributed by atoms with Crippen molar-refractivity contribution in [3.8, 4) is 0 Å². The molecular weight excluding hydrogens is 316 g/mol. The normalized spacial score (nSPS) is 13.1. The Bertz CT molecular complexity index is 645. The lowest BCUT2D eigenvalue weighted by Gasteiger charge is -2.11. The second-order valence-electron chi connectivity index (χ2n) is 3.73. The Balaban J connectivity index is 3.40. The summed E-state index contributed by atoms with van der Waals surface area (Å²) in [6.45, 7) is 1.01. The Morgan fingerprint density at radius 3 is 2.19 bits per heavy atom. The number of sulfone groups is 1. The predicted molar refractivity (Wildman–Crippen MR) is 66.0 cm³/mol. The largest absolute Gasteiger partial charge is 0.502 e. The fourth-order valence-electron chi connectivity index (χ4n) is 1.28. The summed E-state index contributed by atoms with van der Waals surface area (Å²) in [5.41, 5.74) is -5.74. The maximum Gasteiger partial charge on any atom is 0.502 e. The third kappa shape index (κ3) is 4.03. The summed E-state index contributed by atoms with van der Waals surface area (Å²) in [7, 11) is -5.88. The summed E-state index contributed by atoms with van der Waals surface area (Å²) >= 11 is 0. The predicted octanol–water partition coefficient (Wildman–Crippen LogP) is 2.66.